The van der Waals surface area contributed by atoms with Crippen LogP contribution in [0.25, 0.3) is 0 Å². The molecule has 5 aliphatic rings. The van der Waals surface area contributed by atoms with Gasteiger partial charge in [0.05, 0.1) is 31.1 Å². The summed E-state index contributed by atoms with van der Waals surface area (Å²) in [5, 5.41) is -0.117. The van der Waals surface area contributed by atoms with E-state index >= 15 is 0 Å². The molecule has 7 rings (SSSR count). The predicted octanol–water partition coefficient (Wildman–Crippen LogP) is 4.87. The predicted molar refractivity (Wildman–Crippen MR) is 161 cm³/mol. The molecule has 2 fully saturated rings. The second kappa shape index (κ2) is 11.0. The van der Waals surface area contributed by atoms with Gasteiger partial charge < -0.3 is 19.1 Å². The molecular formula is C32H39ClN2O6S. The maximum Gasteiger partial charge on any atom is 0.264 e. The second-order valence-electron chi connectivity index (χ2n) is 13.0. The molecule has 226 valence electrons. The van der Waals surface area contributed by atoms with Gasteiger partial charge in [-0.3, -0.25) is 4.79 Å². The summed E-state index contributed by atoms with van der Waals surface area (Å²) < 4.78 is 47.5. The number of ether oxygens (including phenoxy) is 3. The summed E-state index contributed by atoms with van der Waals surface area (Å²) in [5.41, 5.74) is 3.48. The second-order valence-corrected chi connectivity index (χ2v) is 15.5. The van der Waals surface area contributed by atoms with Crippen molar-refractivity contribution in [3.8, 4) is 5.75 Å². The van der Waals surface area contributed by atoms with Crippen LogP contribution < -0.4 is 14.4 Å². The van der Waals surface area contributed by atoms with Crippen molar-refractivity contribution in [3.63, 3.8) is 0 Å². The summed E-state index contributed by atoms with van der Waals surface area (Å²) in [5.74, 6) is 0.939. The molecule has 1 amide bonds. The van der Waals surface area contributed by atoms with Gasteiger partial charge in [0.15, 0.2) is 0 Å². The number of hydrogen-bond donors (Lipinski definition) is 1. The summed E-state index contributed by atoms with van der Waals surface area (Å²) in [4.78, 5) is 15.7. The van der Waals surface area contributed by atoms with Crippen LogP contribution in [0.3, 0.4) is 0 Å². The number of amides is 1. The third kappa shape index (κ3) is 5.20. The summed E-state index contributed by atoms with van der Waals surface area (Å²) in [6, 6.07) is 11.5. The normalized spacial score (nSPS) is 34.2. The lowest BCUT2D eigenvalue weighted by atomic mass is 9.67. The van der Waals surface area contributed by atoms with Gasteiger partial charge in [0, 0.05) is 42.1 Å². The number of benzene rings is 2. The molecule has 3 aliphatic heterocycles. The Balaban J connectivity index is 1.29. The smallest absolute Gasteiger partial charge is 0.264 e. The van der Waals surface area contributed by atoms with Crippen LogP contribution in [-0.4, -0.2) is 64.7 Å². The van der Waals surface area contributed by atoms with Gasteiger partial charge in [0.1, 0.15) is 11.0 Å². The quantitative estimate of drug-likeness (QED) is 0.453. The zero-order valence-corrected chi connectivity index (χ0v) is 25.6. The van der Waals surface area contributed by atoms with Crippen LogP contribution in [0.2, 0.25) is 5.02 Å². The molecule has 2 aromatic rings. The number of rotatable bonds is 0. The van der Waals surface area contributed by atoms with Crippen molar-refractivity contribution in [1.29, 1.82) is 0 Å². The number of aryl methyl sites for hydroxylation is 1. The highest BCUT2D eigenvalue weighted by Gasteiger charge is 2.45. The Morgan fingerprint density at radius 3 is 2.81 bits per heavy atom. The lowest BCUT2D eigenvalue weighted by Crippen LogP contribution is -2.51. The highest BCUT2D eigenvalue weighted by Crippen LogP contribution is 2.47. The van der Waals surface area contributed by atoms with Crippen molar-refractivity contribution >= 4 is 33.2 Å². The van der Waals surface area contributed by atoms with Crippen LogP contribution in [0.15, 0.2) is 36.4 Å². The van der Waals surface area contributed by atoms with Gasteiger partial charge in [-0.2, -0.15) is 0 Å². The van der Waals surface area contributed by atoms with E-state index in [-0.39, 0.29) is 24.2 Å². The van der Waals surface area contributed by atoms with E-state index in [9.17, 15) is 13.2 Å². The van der Waals surface area contributed by atoms with Gasteiger partial charge in [-0.15, -0.1) is 0 Å². The first-order valence-corrected chi connectivity index (χ1v) is 17.2. The van der Waals surface area contributed by atoms with E-state index in [1.165, 1.54) is 11.1 Å². The van der Waals surface area contributed by atoms with Crippen LogP contribution in [0.1, 0.15) is 66.9 Å². The molecule has 0 radical (unpaired) electrons. The Kier molecular flexibility index (Phi) is 7.44. The highest BCUT2D eigenvalue weighted by atomic mass is 35.5. The van der Waals surface area contributed by atoms with Crippen molar-refractivity contribution in [2.45, 2.75) is 74.7 Å². The molecule has 1 saturated carbocycles. The summed E-state index contributed by atoms with van der Waals surface area (Å²) in [6.45, 7) is 4.32. The highest BCUT2D eigenvalue weighted by molar-refractivity contribution is 7.90. The van der Waals surface area contributed by atoms with Crippen LogP contribution in [-0.2, 0) is 31.3 Å². The molecule has 4 bridgehead atoms. The molecule has 2 aromatic carbocycles. The van der Waals surface area contributed by atoms with Gasteiger partial charge in [0.25, 0.3) is 5.91 Å². The SMILES string of the molecule is CC1COC2CCOC(C2)C2CCC2CN2CC3(CCCc4cc(Cl)ccc43)COc3ccc(cc32)C(=O)NS1(=O)=O. The molecule has 0 aromatic heterocycles. The fourth-order valence-electron chi connectivity index (χ4n) is 7.74. The van der Waals surface area contributed by atoms with Gasteiger partial charge in [-0.05, 0) is 98.7 Å². The number of carbonyl (C=O) groups excluding carboxylic acids is 1. The van der Waals surface area contributed by atoms with E-state index < -0.39 is 21.2 Å². The van der Waals surface area contributed by atoms with Gasteiger partial charge in [-0.25, -0.2) is 13.1 Å². The van der Waals surface area contributed by atoms with Crippen molar-refractivity contribution in [2.24, 2.45) is 11.8 Å². The lowest BCUT2D eigenvalue weighted by Gasteiger charge is -2.48. The summed E-state index contributed by atoms with van der Waals surface area (Å²) in [6.07, 6.45) is 6.83. The number of hydrogen-bond acceptors (Lipinski definition) is 7. The number of nitrogens with one attached hydrogen (secondary N) is 1. The lowest BCUT2D eigenvalue weighted by molar-refractivity contribution is -0.116. The average Bonchev–Trinajstić information content (AvgIpc) is 3.10. The molecule has 1 saturated heterocycles. The van der Waals surface area contributed by atoms with Crippen LogP contribution >= 0.6 is 11.6 Å². The van der Waals surface area contributed by atoms with Crippen molar-refractivity contribution in [2.75, 3.05) is 37.8 Å². The molecule has 6 unspecified atom stereocenters. The molecule has 1 N–H and O–H groups in total. The minimum Gasteiger partial charge on any atom is -0.490 e. The fourth-order valence-corrected chi connectivity index (χ4v) is 8.77. The van der Waals surface area contributed by atoms with E-state index in [1.54, 1.807) is 19.1 Å². The topological polar surface area (TPSA) is 94.2 Å². The van der Waals surface area contributed by atoms with Gasteiger partial charge in [-0.1, -0.05) is 17.7 Å². The van der Waals surface area contributed by atoms with Crippen LogP contribution in [0, 0.1) is 11.8 Å². The van der Waals surface area contributed by atoms with Gasteiger partial charge in [0.2, 0.25) is 10.0 Å². The fraction of sp³-hybridized carbons (Fsp3) is 0.594. The number of halogens is 1. The van der Waals surface area contributed by atoms with E-state index in [4.69, 9.17) is 25.8 Å². The monoisotopic (exact) mass is 614 g/mol. The Labute approximate surface area is 253 Å². The first kappa shape index (κ1) is 28.4. The largest absolute Gasteiger partial charge is 0.490 e. The van der Waals surface area contributed by atoms with E-state index in [2.05, 4.69) is 21.8 Å². The summed E-state index contributed by atoms with van der Waals surface area (Å²) >= 11 is 6.41. The van der Waals surface area contributed by atoms with Crippen LogP contribution in [0.5, 0.6) is 5.75 Å². The molecule has 3 heterocycles. The van der Waals surface area contributed by atoms with E-state index in [0.29, 0.717) is 30.6 Å². The molecule has 1 spiro atoms. The number of carbonyl (C=O) groups is 1. The third-order valence-electron chi connectivity index (χ3n) is 10.3. The first-order valence-electron chi connectivity index (χ1n) is 15.3. The number of fused-ring (bicyclic) bond motifs is 7. The minimum absolute atomic E-state index is 0.0364. The maximum atomic E-state index is 13.3. The molecule has 6 atom stereocenters. The van der Waals surface area contributed by atoms with Crippen molar-refractivity contribution in [3.05, 3.63) is 58.1 Å². The number of anilines is 1. The molecule has 42 heavy (non-hydrogen) atoms. The van der Waals surface area contributed by atoms with E-state index in [1.807, 2.05) is 12.1 Å². The maximum absolute atomic E-state index is 13.3. The zero-order valence-electron chi connectivity index (χ0n) is 24.0. The van der Waals surface area contributed by atoms with Crippen molar-refractivity contribution in [1.82, 2.24) is 4.72 Å². The summed E-state index contributed by atoms with van der Waals surface area (Å²) in [7, 11) is -3.93. The number of sulfonamides is 1. The standard InChI is InChI=1S/C32H39ClN2O6S/c1-20-17-40-25-10-12-39-30(15-25)26-7-4-23(26)16-35-18-32(11-2-3-21-13-24(33)6-8-27(21)32)19-41-29-9-5-22(14-28(29)35)31(36)34-42(20,37)38/h5-6,8-9,13-14,20,23,25-26,30H,2-4,7,10-12,15-19H2,1H3,(H,34,36). The molecule has 2 aliphatic carbocycles. The number of nitrogens with zero attached hydrogens (tertiary/aromatic N) is 1. The Morgan fingerprint density at radius 2 is 1.98 bits per heavy atom. The average molecular weight is 615 g/mol. The molecule has 8 nitrogen and oxygen atoms in total. The Bertz CT molecular complexity index is 1480. The van der Waals surface area contributed by atoms with Crippen LogP contribution in [0.4, 0.5) is 5.69 Å². The third-order valence-corrected chi connectivity index (χ3v) is 12.2. The first-order chi connectivity index (χ1) is 20.2. The van der Waals surface area contributed by atoms with E-state index in [0.717, 1.165) is 74.5 Å². The minimum atomic E-state index is -3.93. The zero-order chi connectivity index (χ0) is 29.1. The van der Waals surface area contributed by atoms with Crippen molar-refractivity contribution < 1.29 is 27.4 Å². The Hall–Kier alpha value is -2.33. The molecule has 10 heteroatoms. The molecular weight excluding hydrogens is 576 g/mol. The Morgan fingerprint density at radius 1 is 1.10 bits per heavy atom. The van der Waals surface area contributed by atoms with Gasteiger partial charge >= 0.3 is 0 Å².